The first-order chi connectivity index (χ1) is 14.7. The van der Waals surface area contributed by atoms with E-state index in [1.165, 1.54) is 7.05 Å². The smallest absolute Gasteiger partial charge is 0.240 e. The van der Waals surface area contributed by atoms with Gasteiger partial charge in [0, 0.05) is 19.4 Å². The molecule has 0 spiro atoms. The molecule has 7 nitrogen and oxygen atoms in total. The largest absolute Gasteiger partial charge is 0.308 e. The normalized spacial score (nSPS) is 19.0. The third-order valence-corrected chi connectivity index (χ3v) is 7.67. The highest BCUT2D eigenvalue weighted by molar-refractivity contribution is 7.89. The summed E-state index contributed by atoms with van der Waals surface area (Å²) in [7, 11) is -2.13. The van der Waals surface area contributed by atoms with Crippen molar-refractivity contribution in [1.82, 2.24) is 4.72 Å². The second kappa shape index (κ2) is 8.09. The van der Waals surface area contributed by atoms with Gasteiger partial charge in [-0.15, -0.1) is 0 Å². The second-order valence-electron chi connectivity index (χ2n) is 8.25. The lowest BCUT2D eigenvalue weighted by atomic mass is 9.84. The number of amides is 2. The fourth-order valence-electron chi connectivity index (χ4n) is 4.31. The van der Waals surface area contributed by atoms with Crippen LogP contribution in [0.3, 0.4) is 0 Å². The number of hydrogen-bond donors (Lipinski definition) is 1. The van der Waals surface area contributed by atoms with Gasteiger partial charge in [0.1, 0.15) is 0 Å². The van der Waals surface area contributed by atoms with Crippen LogP contribution in [0.1, 0.15) is 33.1 Å². The van der Waals surface area contributed by atoms with Crippen LogP contribution < -0.4 is 14.5 Å². The van der Waals surface area contributed by atoms with E-state index in [0.29, 0.717) is 6.54 Å². The molecule has 0 unspecified atom stereocenters. The van der Waals surface area contributed by atoms with Crippen molar-refractivity contribution in [2.24, 2.45) is 5.92 Å². The maximum atomic E-state index is 13.1. The van der Waals surface area contributed by atoms with Crippen molar-refractivity contribution in [3.05, 3.63) is 42.5 Å². The third kappa shape index (κ3) is 3.85. The Morgan fingerprint density at radius 2 is 1.65 bits per heavy atom. The van der Waals surface area contributed by atoms with E-state index >= 15 is 0 Å². The van der Waals surface area contributed by atoms with E-state index < -0.39 is 10.0 Å². The lowest BCUT2D eigenvalue weighted by Crippen LogP contribution is -2.53. The average Bonchev–Trinajstić information content (AvgIpc) is 2.71. The van der Waals surface area contributed by atoms with Crippen LogP contribution in [0.4, 0.5) is 11.4 Å². The van der Waals surface area contributed by atoms with Crippen LogP contribution in [0.25, 0.3) is 11.1 Å². The zero-order chi connectivity index (χ0) is 22.3. The Morgan fingerprint density at radius 1 is 1.00 bits per heavy atom. The van der Waals surface area contributed by atoms with Crippen molar-refractivity contribution in [2.75, 3.05) is 23.4 Å². The summed E-state index contributed by atoms with van der Waals surface area (Å²) in [5.41, 5.74) is 3.16. The quantitative estimate of drug-likeness (QED) is 0.790. The summed E-state index contributed by atoms with van der Waals surface area (Å²) in [5.74, 6) is 0.118. The summed E-state index contributed by atoms with van der Waals surface area (Å²) in [5, 5.41) is 0. The first kappa shape index (κ1) is 21.5. The molecule has 0 saturated heterocycles. The number of nitrogens with zero attached hydrogens (tertiary/aromatic N) is 2. The molecule has 1 saturated carbocycles. The Balaban J connectivity index is 1.76. The van der Waals surface area contributed by atoms with E-state index in [4.69, 9.17) is 0 Å². The second-order valence-corrected chi connectivity index (χ2v) is 10.1. The zero-order valence-electron chi connectivity index (χ0n) is 18.0. The van der Waals surface area contributed by atoms with Gasteiger partial charge in [0.2, 0.25) is 21.8 Å². The van der Waals surface area contributed by atoms with Crippen LogP contribution in [0, 0.1) is 5.92 Å². The van der Waals surface area contributed by atoms with Crippen molar-refractivity contribution in [3.8, 4) is 11.1 Å². The summed E-state index contributed by atoms with van der Waals surface area (Å²) >= 11 is 0. The highest BCUT2D eigenvalue weighted by atomic mass is 32.2. The molecule has 1 N–H and O–H groups in total. The lowest BCUT2D eigenvalue weighted by Gasteiger charge is -2.43. The molecule has 2 aromatic rings. The topological polar surface area (TPSA) is 86.8 Å². The van der Waals surface area contributed by atoms with Crippen LogP contribution >= 0.6 is 0 Å². The zero-order valence-corrected chi connectivity index (χ0v) is 18.8. The molecule has 1 atom stereocenters. The van der Waals surface area contributed by atoms with Gasteiger partial charge in [-0.3, -0.25) is 9.59 Å². The molecule has 2 amide bonds. The molecule has 0 radical (unpaired) electrons. The van der Waals surface area contributed by atoms with Crippen molar-refractivity contribution in [3.63, 3.8) is 0 Å². The van der Waals surface area contributed by atoms with Gasteiger partial charge in [0.05, 0.1) is 22.3 Å². The summed E-state index contributed by atoms with van der Waals surface area (Å²) < 4.78 is 26.3. The number of fused-ring (bicyclic) bond motifs is 1. The highest BCUT2D eigenvalue weighted by Gasteiger charge is 2.37. The lowest BCUT2D eigenvalue weighted by molar-refractivity contribution is -0.125. The van der Waals surface area contributed by atoms with Crippen molar-refractivity contribution in [1.29, 1.82) is 0 Å². The maximum Gasteiger partial charge on any atom is 0.240 e. The van der Waals surface area contributed by atoms with Gasteiger partial charge in [-0.1, -0.05) is 24.6 Å². The number of sulfonamides is 1. The van der Waals surface area contributed by atoms with E-state index in [1.54, 1.807) is 36.1 Å². The van der Waals surface area contributed by atoms with Gasteiger partial charge in [-0.2, -0.15) is 0 Å². The predicted molar refractivity (Wildman–Crippen MR) is 120 cm³/mol. The fourth-order valence-corrected chi connectivity index (χ4v) is 5.04. The Morgan fingerprint density at radius 3 is 2.19 bits per heavy atom. The Kier molecular flexibility index (Phi) is 5.61. The summed E-state index contributed by atoms with van der Waals surface area (Å²) in [6.07, 6.45) is 2.90. The summed E-state index contributed by atoms with van der Waals surface area (Å²) in [6.45, 7) is 3.96. The third-order valence-electron chi connectivity index (χ3n) is 6.24. The standard InChI is InChI=1S/C23H27N3O4S/c1-15-14-25(23(28)18-5-4-6-18)22-13-19(9-12-21(22)26(15)16(2)27)17-7-10-20(11-8-17)31(29,30)24-3/h7-13,15,18,24H,4-6,14H2,1-3H3/t15-/m0/s1. The van der Waals surface area contributed by atoms with E-state index in [0.717, 1.165) is 41.8 Å². The van der Waals surface area contributed by atoms with E-state index in [1.807, 2.05) is 30.0 Å². The highest BCUT2D eigenvalue weighted by Crippen LogP contribution is 2.41. The minimum atomic E-state index is -3.51. The Bertz CT molecular complexity index is 1120. The number of benzene rings is 2. The number of nitrogens with one attached hydrogen (secondary N) is 1. The minimum Gasteiger partial charge on any atom is -0.308 e. The molecule has 164 valence electrons. The molecule has 2 aliphatic rings. The fraction of sp³-hybridized carbons (Fsp3) is 0.391. The number of rotatable bonds is 4. The van der Waals surface area contributed by atoms with Crippen LogP contribution in [-0.2, 0) is 19.6 Å². The first-order valence-electron chi connectivity index (χ1n) is 10.5. The molecular formula is C23H27N3O4S. The van der Waals surface area contributed by atoms with Gasteiger partial charge in [0.25, 0.3) is 0 Å². The van der Waals surface area contributed by atoms with E-state index in [-0.39, 0.29) is 28.7 Å². The summed E-state index contributed by atoms with van der Waals surface area (Å²) in [4.78, 5) is 29.2. The molecule has 31 heavy (non-hydrogen) atoms. The van der Waals surface area contributed by atoms with Crippen LogP contribution in [0.15, 0.2) is 47.4 Å². The molecule has 1 aliphatic heterocycles. The minimum absolute atomic E-state index is 0.0543. The van der Waals surface area contributed by atoms with E-state index in [2.05, 4.69) is 4.72 Å². The molecule has 0 aromatic heterocycles. The number of hydrogen-bond acceptors (Lipinski definition) is 4. The summed E-state index contributed by atoms with van der Waals surface area (Å²) in [6, 6.07) is 12.2. The molecular weight excluding hydrogens is 414 g/mol. The van der Waals surface area contributed by atoms with Gasteiger partial charge < -0.3 is 9.80 Å². The molecule has 1 heterocycles. The molecule has 1 aliphatic carbocycles. The van der Waals surface area contributed by atoms with Crippen molar-refractivity contribution >= 4 is 33.2 Å². The molecule has 0 bridgehead atoms. The Labute approximate surface area is 183 Å². The van der Waals surface area contributed by atoms with Crippen LogP contribution in [0.5, 0.6) is 0 Å². The predicted octanol–water partition coefficient (Wildman–Crippen LogP) is 3.15. The molecule has 4 rings (SSSR count). The SMILES string of the molecule is CNS(=O)(=O)c1ccc(-c2ccc3c(c2)N(C(=O)C2CCC2)C[C@H](C)N3C(C)=O)cc1. The van der Waals surface area contributed by atoms with Crippen molar-refractivity contribution < 1.29 is 18.0 Å². The van der Waals surface area contributed by atoms with Gasteiger partial charge in [-0.25, -0.2) is 13.1 Å². The van der Waals surface area contributed by atoms with E-state index in [9.17, 15) is 18.0 Å². The molecule has 1 fully saturated rings. The number of carbonyl (C=O) groups excluding carboxylic acids is 2. The monoisotopic (exact) mass is 441 g/mol. The van der Waals surface area contributed by atoms with Crippen LogP contribution in [0.2, 0.25) is 0 Å². The van der Waals surface area contributed by atoms with Crippen LogP contribution in [-0.4, -0.2) is 39.9 Å². The van der Waals surface area contributed by atoms with Gasteiger partial charge >= 0.3 is 0 Å². The first-order valence-corrected chi connectivity index (χ1v) is 12.0. The molecule has 2 aromatic carbocycles. The number of anilines is 2. The Hall–Kier alpha value is -2.71. The maximum absolute atomic E-state index is 13.1. The van der Waals surface area contributed by atoms with Gasteiger partial charge in [-0.05, 0) is 62.2 Å². The average molecular weight is 442 g/mol. The van der Waals surface area contributed by atoms with Gasteiger partial charge in [0.15, 0.2) is 0 Å². The number of carbonyl (C=O) groups is 2. The van der Waals surface area contributed by atoms with Crippen molar-refractivity contribution in [2.45, 2.75) is 44.0 Å². The molecule has 8 heteroatoms.